The van der Waals surface area contributed by atoms with Crippen LogP contribution in [-0.2, 0) is 9.59 Å². The standard InChI is InChI=1S/C20H20N2O.2C2H4O2/c21-12-9-20(18-5-7-19(23)8-6-18)17-3-1-15(2-4-17)16-10-13-22-14-11-16;2*1-2(3)4/h1-8,10-11,13-14,20,23H,9,12,21H2;2*1H3,(H,3,4). The summed E-state index contributed by atoms with van der Waals surface area (Å²) in [6.45, 7) is 2.79. The lowest BCUT2D eigenvalue weighted by Gasteiger charge is -2.18. The van der Waals surface area contributed by atoms with Gasteiger partial charge in [-0.25, -0.2) is 0 Å². The van der Waals surface area contributed by atoms with Gasteiger partial charge in [-0.2, -0.15) is 0 Å². The Kier molecular flexibility index (Phi) is 11.0. The molecule has 5 N–H and O–H groups in total. The minimum atomic E-state index is -0.833. The van der Waals surface area contributed by atoms with Crippen LogP contribution in [0.1, 0.15) is 37.3 Å². The Morgan fingerprint density at radius 3 is 1.61 bits per heavy atom. The molecule has 31 heavy (non-hydrogen) atoms. The highest BCUT2D eigenvalue weighted by Crippen LogP contribution is 2.30. The fourth-order valence-corrected chi connectivity index (χ4v) is 2.85. The Morgan fingerprint density at radius 2 is 1.19 bits per heavy atom. The zero-order chi connectivity index (χ0) is 23.2. The molecule has 1 heterocycles. The summed E-state index contributed by atoms with van der Waals surface area (Å²) in [5, 5.41) is 24.3. The monoisotopic (exact) mass is 424 g/mol. The summed E-state index contributed by atoms with van der Waals surface area (Å²) in [4.78, 5) is 22.1. The van der Waals surface area contributed by atoms with Crippen molar-refractivity contribution in [2.24, 2.45) is 5.73 Å². The Balaban J connectivity index is 0.000000519. The Morgan fingerprint density at radius 1 is 0.806 bits per heavy atom. The van der Waals surface area contributed by atoms with Crippen molar-refractivity contribution in [3.8, 4) is 16.9 Å². The molecule has 0 saturated carbocycles. The first kappa shape index (κ1) is 25.3. The number of rotatable bonds is 5. The summed E-state index contributed by atoms with van der Waals surface area (Å²) in [5.74, 6) is -1.14. The summed E-state index contributed by atoms with van der Waals surface area (Å²) in [6.07, 6.45) is 4.48. The maximum atomic E-state index is 9.47. The van der Waals surface area contributed by atoms with Crippen LogP contribution in [0, 0.1) is 0 Å². The number of carboxylic acids is 2. The van der Waals surface area contributed by atoms with Gasteiger partial charge in [0, 0.05) is 32.2 Å². The van der Waals surface area contributed by atoms with Crippen molar-refractivity contribution in [2.45, 2.75) is 26.2 Å². The minimum absolute atomic E-state index is 0.243. The topological polar surface area (TPSA) is 134 Å². The van der Waals surface area contributed by atoms with Gasteiger partial charge >= 0.3 is 0 Å². The number of nitrogens with zero attached hydrogens (tertiary/aromatic N) is 1. The molecule has 0 amide bonds. The molecule has 0 radical (unpaired) electrons. The van der Waals surface area contributed by atoms with E-state index < -0.39 is 11.9 Å². The van der Waals surface area contributed by atoms with Crippen LogP contribution in [0.25, 0.3) is 11.1 Å². The lowest BCUT2D eigenvalue weighted by atomic mass is 9.87. The molecule has 0 spiro atoms. The third-order valence-corrected chi connectivity index (χ3v) is 4.08. The summed E-state index contributed by atoms with van der Waals surface area (Å²) >= 11 is 0. The number of carbonyl (C=O) groups is 2. The number of hydrogen-bond acceptors (Lipinski definition) is 5. The highest BCUT2D eigenvalue weighted by molar-refractivity contribution is 5.63. The van der Waals surface area contributed by atoms with Gasteiger partial charge in [0.2, 0.25) is 0 Å². The molecule has 3 rings (SSSR count). The van der Waals surface area contributed by atoms with Crippen molar-refractivity contribution in [2.75, 3.05) is 6.54 Å². The number of nitrogens with two attached hydrogens (primary N) is 1. The fourth-order valence-electron chi connectivity index (χ4n) is 2.85. The van der Waals surface area contributed by atoms with Crippen LogP contribution in [0.4, 0.5) is 0 Å². The van der Waals surface area contributed by atoms with E-state index in [0.717, 1.165) is 25.8 Å². The van der Waals surface area contributed by atoms with Crippen molar-refractivity contribution in [1.82, 2.24) is 4.98 Å². The molecule has 0 fully saturated rings. The zero-order valence-electron chi connectivity index (χ0n) is 17.6. The highest BCUT2D eigenvalue weighted by Gasteiger charge is 2.13. The predicted molar refractivity (Wildman–Crippen MR) is 120 cm³/mol. The highest BCUT2D eigenvalue weighted by atomic mass is 16.4. The van der Waals surface area contributed by atoms with Crippen molar-refractivity contribution >= 4 is 11.9 Å². The molecule has 7 heteroatoms. The zero-order valence-corrected chi connectivity index (χ0v) is 17.6. The van der Waals surface area contributed by atoms with Gasteiger partial charge in [0.05, 0.1) is 0 Å². The third-order valence-electron chi connectivity index (χ3n) is 4.08. The molecule has 164 valence electrons. The summed E-state index contributed by atoms with van der Waals surface area (Å²) in [5.41, 5.74) is 10.5. The lowest BCUT2D eigenvalue weighted by Crippen LogP contribution is -2.08. The first-order chi connectivity index (χ1) is 14.7. The van der Waals surface area contributed by atoms with Gasteiger partial charge in [-0.1, -0.05) is 36.4 Å². The number of aliphatic carboxylic acids is 2. The Bertz CT molecular complexity index is 906. The number of pyridine rings is 1. The quantitative estimate of drug-likeness (QED) is 0.484. The number of phenolic OH excluding ortho intramolecular Hbond substituents is 1. The van der Waals surface area contributed by atoms with Crippen LogP contribution in [-0.4, -0.2) is 38.8 Å². The van der Waals surface area contributed by atoms with E-state index >= 15 is 0 Å². The van der Waals surface area contributed by atoms with E-state index in [1.54, 1.807) is 24.5 Å². The number of aromatic nitrogens is 1. The Labute approximate surface area is 181 Å². The van der Waals surface area contributed by atoms with Crippen molar-refractivity contribution in [3.63, 3.8) is 0 Å². The van der Waals surface area contributed by atoms with Crippen molar-refractivity contribution < 1.29 is 24.9 Å². The van der Waals surface area contributed by atoms with Crippen LogP contribution >= 0.6 is 0 Å². The van der Waals surface area contributed by atoms with E-state index in [2.05, 4.69) is 29.2 Å². The molecule has 1 unspecified atom stereocenters. The van der Waals surface area contributed by atoms with Gasteiger partial charge < -0.3 is 21.1 Å². The van der Waals surface area contributed by atoms with E-state index in [1.165, 1.54) is 16.7 Å². The van der Waals surface area contributed by atoms with E-state index in [9.17, 15) is 5.11 Å². The van der Waals surface area contributed by atoms with Gasteiger partial charge in [0.15, 0.2) is 0 Å². The van der Waals surface area contributed by atoms with E-state index in [0.29, 0.717) is 6.54 Å². The first-order valence-electron chi connectivity index (χ1n) is 9.63. The first-order valence-corrected chi connectivity index (χ1v) is 9.63. The maximum absolute atomic E-state index is 9.47. The average Bonchev–Trinajstić information content (AvgIpc) is 2.73. The molecule has 0 saturated heterocycles. The molecule has 0 aliphatic rings. The molecule has 0 aliphatic carbocycles. The molecular weight excluding hydrogens is 396 g/mol. The predicted octanol–water partition coefficient (Wildman–Crippen LogP) is 4.12. The van der Waals surface area contributed by atoms with Crippen LogP contribution in [0.5, 0.6) is 5.75 Å². The summed E-state index contributed by atoms with van der Waals surface area (Å²) in [7, 11) is 0. The maximum Gasteiger partial charge on any atom is 0.300 e. The second kappa shape index (κ2) is 13.5. The second-order valence-electron chi connectivity index (χ2n) is 6.62. The minimum Gasteiger partial charge on any atom is -0.508 e. The largest absolute Gasteiger partial charge is 0.508 e. The molecule has 1 atom stereocenters. The fraction of sp³-hybridized carbons (Fsp3) is 0.208. The second-order valence-corrected chi connectivity index (χ2v) is 6.62. The summed E-state index contributed by atoms with van der Waals surface area (Å²) in [6, 6.07) is 20.0. The molecule has 3 aromatic rings. The van der Waals surface area contributed by atoms with Crippen LogP contribution in [0.15, 0.2) is 73.1 Å². The number of phenols is 1. The molecule has 2 aromatic carbocycles. The molecule has 0 bridgehead atoms. The van der Waals surface area contributed by atoms with Crippen LogP contribution in [0.2, 0.25) is 0 Å². The van der Waals surface area contributed by atoms with Gasteiger partial charge in [-0.15, -0.1) is 0 Å². The van der Waals surface area contributed by atoms with Gasteiger partial charge in [0.1, 0.15) is 5.75 Å². The SMILES string of the molecule is CC(=O)O.CC(=O)O.NCCC(c1ccc(O)cc1)c1ccc(-c2ccncc2)cc1. The number of hydrogen-bond donors (Lipinski definition) is 4. The van der Waals surface area contributed by atoms with E-state index in [4.69, 9.17) is 25.5 Å². The van der Waals surface area contributed by atoms with Gasteiger partial charge in [0.25, 0.3) is 11.9 Å². The van der Waals surface area contributed by atoms with E-state index in [-0.39, 0.29) is 11.7 Å². The third kappa shape index (κ3) is 10.0. The molecule has 7 nitrogen and oxygen atoms in total. The van der Waals surface area contributed by atoms with Gasteiger partial charge in [-0.05, 0) is 59.5 Å². The molecule has 1 aromatic heterocycles. The summed E-state index contributed by atoms with van der Waals surface area (Å²) < 4.78 is 0. The average molecular weight is 424 g/mol. The smallest absolute Gasteiger partial charge is 0.300 e. The van der Waals surface area contributed by atoms with Gasteiger partial charge in [-0.3, -0.25) is 14.6 Å². The normalized spacial score (nSPS) is 10.5. The lowest BCUT2D eigenvalue weighted by molar-refractivity contribution is -0.135. The number of aromatic hydroxyl groups is 1. The van der Waals surface area contributed by atoms with Crippen molar-refractivity contribution in [1.29, 1.82) is 0 Å². The molecule has 0 aliphatic heterocycles. The number of benzene rings is 2. The van der Waals surface area contributed by atoms with E-state index in [1.807, 2.05) is 24.3 Å². The van der Waals surface area contributed by atoms with Crippen LogP contribution in [0.3, 0.4) is 0 Å². The van der Waals surface area contributed by atoms with Crippen molar-refractivity contribution in [3.05, 3.63) is 84.2 Å². The Hall–Kier alpha value is -3.71. The number of carboxylic acid groups (broad SMARTS) is 2. The molecular formula is C24H28N2O5. The van der Waals surface area contributed by atoms with Crippen LogP contribution < -0.4 is 5.73 Å².